The van der Waals surface area contributed by atoms with E-state index in [2.05, 4.69) is 24.2 Å². The Morgan fingerprint density at radius 2 is 2.13 bits per heavy atom. The fourth-order valence-electron chi connectivity index (χ4n) is 1.37. The standard InChI is InChI=1S/C10H13N3OS/c1-3-8-4-5-9(15-8)6-13-10(14)12(2)7-11-13/h4-5,7H,3,6H2,1-2H3. The van der Waals surface area contributed by atoms with Crippen LogP contribution in [0, 0.1) is 0 Å². The maximum Gasteiger partial charge on any atom is 0.345 e. The van der Waals surface area contributed by atoms with Gasteiger partial charge >= 0.3 is 5.69 Å². The summed E-state index contributed by atoms with van der Waals surface area (Å²) in [5.74, 6) is 0. The molecule has 0 aliphatic carbocycles. The zero-order valence-corrected chi connectivity index (χ0v) is 9.62. The van der Waals surface area contributed by atoms with Crippen LogP contribution in [0.4, 0.5) is 0 Å². The first-order chi connectivity index (χ1) is 7.20. The number of hydrogen-bond donors (Lipinski definition) is 0. The minimum Gasteiger partial charge on any atom is -0.285 e. The van der Waals surface area contributed by atoms with Crippen LogP contribution in [0.2, 0.25) is 0 Å². The van der Waals surface area contributed by atoms with Gasteiger partial charge in [0.15, 0.2) is 0 Å². The molecule has 0 radical (unpaired) electrons. The molecule has 0 bridgehead atoms. The Labute approximate surface area is 91.8 Å². The number of aryl methyl sites for hydroxylation is 2. The second-order valence-electron chi connectivity index (χ2n) is 3.40. The molecule has 0 aliphatic rings. The molecule has 0 saturated heterocycles. The average Bonchev–Trinajstić information content (AvgIpc) is 2.80. The monoisotopic (exact) mass is 223 g/mol. The van der Waals surface area contributed by atoms with Gasteiger partial charge in [-0.25, -0.2) is 9.48 Å². The number of nitrogens with zero attached hydrogens (tertiary/aromatic N) is 3. The smallest absolute Gasteiger partial charge is 0.285 e. The Hall–Kier alpha value is -1.36. The summed E-state index contributed by atoms with van der Waals surface area (Å²) in [5.41, 5.74) is -0.0681. The van der Waals surface area contributed by atoms with Crippen LogP contribution >= 0.6 is 11.3 Å². The third kappa shape index (κ3) is 2.02. The molecule has 0 atom stereocenters. The van der Waals surface area contributed by atoms with E-state index in [1.165, 1.54) is 25.3 Å². The van der Waals surface area contributed by atoms with Crippen molar-refractivity contribution in [1.29, 1.82) is 0 Å². The molecule has 5 heteroatoms. The van der Waals surface area contributed by atoms with Crippen LogP contribution in [-0.2, 0) is 20.0 Å². The van der Waals surface area contributed by atoms with Crippen LogP contribution in [0.25, 0.3) is 0 Å². The molecule has 0 saturated carbocycles. The van der Waals surface area contributed by atoms with Gasteiger partial charge in [0, 0.05) is 16.8 Å². The van der Waals surface area contributed by atoms with Gasteiger partial charge < -0.3 is 0 Å². The summed E-state index contributed by atoms with van der Waals surface area (Å²) < 4.78 is 2.96. The molecule has 0 amide bonds. The van der Waals surface area contributed by atoms with Gasteiger partial charge in [0.05, 0.1) is 6.54 Å². The fraction of sp³-hybridized carbons (Fsp3) is 0.400. The van der Waals surface area contributed by atoms with Crippen molar-refractivity contribution in [2.45, 2.75) is 19.9 Å². The zero-order chi connectivity index (χ0) is 10.8. The second-order valence-corrected chi connectivity index (χ2v) is 4.66. The number of thiophene rings is 1. The first-order valence-electron chi connectivity index (χ1n) is 4.86. The van der Waals surface area contributed by atoms with E-state index in [1.54, 1.807) is 18.4 Å². The minimum atomic E-state index is -0.0681. The number of rotatable bonds is 3. The molecule has 2 heterocycles. The van der Waals surface area contributed by atoms with Gasteiger partial charge in [0.1, 0.15) is 6.33 Å². The molecule has 0 aromatic carbocycles. The zero-order valence-electron chi connectivity index (χ0n) is 8.80. The van der Waals surface area contributed by atoms with E-state index >= 15 is 0 Å². The molecule has 0 N–H and O–H groups in total. The van der Waals surface area contributed by atoms with E-state index in [9.17, 15) is 4.79 Å². The Morgan fingerprint density at radius 1 is 1.40 bits per heavy atom. The molecular formula is C10H13N3OS. The number of aromatic nitrogens is 3. The van der Waals surface area contributed by atoms with Crippen molar-refractivity contribution >= 4 is 11.3 Å². The molecule has 2 aromatic heterocycles. The maximum atomic E-state index is 11.5. The molecule has 80 valence electrons. The summed E-state index contributed by atoms with van der Waals surface area (Å²) in [6, 6.07) is 4.17. The minimum absolute atomic E-state index is 0.0681. The van der Waals surface area contributed by atoms with E-state index < -0.39 is 0 Å². The van der Waals surface area contributed by atoms with Gasteiger partial charge in [0.25, 0.3) is 0 Å². The summed E-state index contributed by atoms with van der Waals surface area (Å²) in [6.07, 6.45) is 2.58. The highest BCUT2D eigenvalue weighted by Gasteiger charge is 2.04. The van der Waals surface area contributed by atoms with E-state index in [0.717, 1.165) is 6.42 Å². The summed E-state index contributed by atoms with van der Waals surface area (Å²) in [7, 11) is 1.71. The Balaban J connectivity index is 2.22. The van der Waals surface area contributed by atoms with Crippen molar-refractivity contribution in [2.24, 2.45) is 7.05 Å². The highest BCUT2D eigenvalue weighted by molar-refractivity contribution is 7.11. The molecule has 0 unspecified atom stereocenters. The highest BCUT2D eigenvalue weighted by Crippen LogP contribution is 2.17. The van der Waals surface area contributed by atoms with Crippen LogP contribution in [0.5, 0.6) is 0 Å². The van der Waals surface area contributed by atoms with Gasteiger partial charge in [0.2, 0.25) is 0 Å². The second kappa shape index (κ2) is 4.02. The van der Waals surface area contributed by atoms with Gasteiger partial charge in [-0.3, -0.25) is 4.57 Å². The van der Waals surface area contributed by atoms with E-state index in [4.69, 9.17) is 0 Å². The molecule has 2 rings (SSSR count). The number of hydrogen-bond acceptors (Lipinski definition) is 3. The van der Waals surface area contributed by atoms with Gasteiger partial charge in [-0.05, 0) is 18.6 Å². The average molecular weight is 223 g/mol. The van der Waals surface area contributed by atoms with Crippen molar-refractivity contribution in [3.63, 3.8) is 0 Å². The van der Waals surface area contributed by atoms with Gasteiger partial charge in [-0.15, -0.1) is 11.3 Å². The van der Waals surface area contributed by atoms with E-state index in [-0.39, 0.29) is 5.69 Å². The third-order valence-electron chi connectivity index (χ3n) is 2.26. The molecule has 0 fully saturated rings. The predicted octanol–water partition coefficient (Wildman–Crippen LogP) is 1.25. The quantitative estimate of drug-likeness (QED) is 0.785. The van der Waals surface area contributed by atoms with Crippen molar-refractivity contribution in [3.8, 4) is 0 Å². The predicted molar refractivity (Wildman–Crippen MR) is 60.3 cm³/mol. The lowest BCUT2D eigenvalue weighted by atomic mass is 10.4. The Kier molecular flexibility index (Phi) is 2.73. The van der Waals surface area contributed by atoms with Crippen molar-refractivity contribution in [2.75, 3.05) is 0 Å². The van der Waals surface area contributed by atoms with Gasteiger partial charge in [-0.2, -0.15) is 5.10 Å². The van der Waals surface area contributed by atoms with Crippen LogP contribution in [0.15, 0.2) is 23.3 Å². The summed E-state index contributed by atoms with van der Waals surface area (Å²) in [4.78, 5) is 14.0. The van der Waals surface area contributed by atoms with Crippen molar-refractivity contribution < 1.29 is 0 Å². The fourth-order valence-corrected chi connectivity index (χ4v) is 2.31. The summed E-state index contributed by atoms with van der Waals surface area (Å²) >= 11 is 1.74. The molecule has 4 nitrogen and oxygen atoms in total. The lowest BCUT2D eigenvalue weighted by molar-refractivity contribution is 0.653. The third-order valence-corrected chi connectivity index (χ3v) is 3.47. The highest BCUT2D eigenvalue weighted by atomic mass is 32.1. The summed E-state index contributed by atoms with van der Waals surface area (Å²) in [6.45, 7) is 2.70. The Bertz CT molecular complexity index is 509. The van der Waals surface area contributed by atoms with Gasteiger partial charge in [-0.1, -0.05) is 6.92 Å². The molecule has 0 spiro atoms. The summed E-state index contributed by atoms with van der Waals surface area (Å²) in [5, 5.41) is 4.02. The van der Waals surface area contributed by atoms with Crippen LogP contribution < -0.4 is 5.69 Å². The normalized spacial score (nSPS) is 10.8. The molecule has 15 heavy (non-hydrogen) atoms. The lowest BCUT2D eigenvalue weighted by Gasteiger charge is -1.95. The lowest BCUT2D eigenvalue weighted by Crippen LogP contribution is -2.23. The molecule has 2 aromatic rings. The SMILES string of the molecule is CCc1ccc(Cn2ncn(C)c2=O)s1. The largest absolute Gasteiger partial charge is 0.345 e. The molecular weight excluding hydrogens is 210 g/mol. The van der Waals surface area contributed by atoms with Crippen LogP contribution in [-0.4, -0.2) is 14.3 Å². The van der Waals surface area contributed by atoms with Crippen molar-refractivity contribution in [1.82, 2.24) is 14.3 Å². The first kappa shape index (κ1) is 10.2. The van der Waals surface area contributed by atoms with Crippen LogP contribution in [0.1, 0.15) is 16.7 Å². The Morgan fingerprint density at radius 3 is 2.67 bits per heavy atom. The molecule has 0 aliphatic heterocycles. The van der Waals surface area contributed by atoms with Crippen molar-refractivity contribution in [3.05, 3.63) is 38.7 Å². The van der Waals surface area contributed by atoms with Crippen LogP contribution in [0.3, 0.4) is 0 Å². The van der Waals surface area contributed by atoms with E-state index in [1.807, 2.05) is 0 Å². The first-order valence-corrected chi connectivity index (χ1v) is 5.68. The topological polar surface area (TPSA) is 39.8 Å². The van der Waals surface area contributed by atoms with E-state index in [0.29, 0.717) is 6.54 Å². The maximum absolute atomic E-state index is 11.5.